The van der Waals surface area contributed by atoms with Gasteiger partial charge in [-0.2, -0.15) is 5.26 Å². The molecule has 0 saturated heterocycles. The van der Waals surface area contributed by atoms with Gasteiger partial charge in [0.2, 0.25) is 0 Å². The second kappa shape index (κ2) is 5.91. The predicted molar refractivity (Wildman–Crippen MR) is 62.1 cm³/mol. The Hall–Kier alpha value is -1.83. The fourth-order valence-corrected chi connectivity index (χ4v) is 1.48. The molecule has 1 heterocycles. The first-order chi connectivity index (χ1) is 7.65. The highest BCUT2D eigenvalue weighted by Crippen LogP contribution is 2.07. The molecule has 0 aliphatic carbocycles. The maximum atomic E-state index is 11.6. The molecule has 1 rings (SSSR count). The lowest BCUT2D eigenvalue weighted by Gasteiger charge is -2.23. The summed E-state index contributed by atoms with van der Waals surface area (Å²) in [4.78, 5) is 20.1. The molecule has 0 amide bonds. The fraction of sp³-hybridized carbons (Fsp3) is 0.545. The normalized spacial score (nSPS) is 10.1. The molecular formula is C11H16N4O. The second-order valence-electron chi connectivity index (χ2n) is 3.99. The van der Waals surface area contributed by atoms with Gasteiger partial charge in [0.05, 0.1) is 12.5 Å². The average Bonchev–Trinajstić information content (AvgIpc) is 2.24. The zero-order chi connectivity index (χ0) is 12.0. The molecule has 1 aromatic heterocycles. The van der Waals surface area contributed by atoms with Crippen LogP contribution in [0.15, 0.2) is 17.2 Å². The Morgan fingerprint density at radius 3 is 2.94 bits per heavy atom. The maximum Gasteiger partial charge on any atom is 0.290 e. The van der Waals surface area contributed by atoms with Crippen molar-refractivity contribution >= 4 is 5.82 Å². The number of aromatic nitrogens is 2. The summed E-state index contributed by atoms with van der Waals surface area (Å²) in [7, 11) is 0. The smallest absolute Gasteiger partial charge is 0.290 e. The average molecular weight is 220 g/mol. The molecule has 0 bridgehead atoms. The van der Waals surface area contributed by atoms with Gasteiger partial charge in [0.15, 0.2) is 5.82 Å². The highest BCUT2D eigenvalue weighted by Gasteiger charge is 2.12. The van der Waals surface area contributed by atoms with E-state index in [1.54, 1.807) is 6.20 Å². The predicted octanol–water partition coefficient (Wildman–Crippen LogP) is 1.15. The molecule has 0 unspecified atom stereocenters. The van der Waals surface area contributed by atoms with Crippen molar-refractivity contribution in [2.75, 3.05) is 18.0 Å². The first-order valence-electron chi connectivity index (χ1n) is 5.30. The topological polar surface area (TPSA) is 72.8 Å². The van der Waals surface area contributed by atoms with Crippen LogP contribution in [-0.4, -0.2) is 23.1 Å². The van der Waals surface area contributed by atoms with E-state index in [1.807, 2.05) is 4.90 Å². The van der Waals surface area contributed by atoms with Crippen molar-refractivity contribution in [3.63, 3.8) is 0 Å². The summed E-state index contributed by atoms with van der Waals surface area (Å²) in [5, 5.41) is 8.58. The van der Waals surface area contributed by atoms with Gasteiger partial charge in [-0.05, 0) is 5.92 Å². The Morgan fingerprint density at radius 1 is 1.62 bits per heavy atom. The van der Waals surface area contributed by atoms with Crippen LogP contribution < -0.4 is 10.5 Å². The quantitative estimate of drug-likeness (QED) is 0.807. The maximum absolute atomic E-state index is 11.6. The number of hydrogen-bond donors (Lipinski definition) is 1. The van der Waals surface area contributed by atoms with Crippen LogP contribution in [0.1, 0.15) is 20.3 Å². The number of nitriles is 1. The SMILES string of the molecule is CC(C)CN(CCC#N)c1ncc[nH]c1=O. The van der Waals surface area contributed by atoms with Gasteiger partial charge in [0, 0.05) is 25.5 Å². The number of H-pyrrole nitrogens is 1. The van der Waals surface area contributed by atoms with E-state index < -0.39 is 0 Å². The number of hydrogen-bond acceptors (Lipinski definition) is 4. The molecular weight excluding hydrogens is 204 g/mol. The van der Waals surface area contributed by atoms with E-state index in [0.29, 0.717) is 24.7 Å². The number of nitrogens with one attached hydrogen (secondary N) is 1. The third-order valence-corrected chi connectivity index (χ3v) is 2.07. The van der Waals surface area contributed by atoms with Crippen LogP contribution in [0.2, 0.25) is 0 Å². The van der Waals surface area contributed by atoms with E-state index in [1.165, 1.54) is 6.20 Å². The van der Waals surface area contributed by atoms with E-state index >= 15 is 0 Å². The lowest BCUT2D eigenvalue weighted by atomic mass is 10.2. The summed E-state index contributed by atoms with van der Waals surface area (Å²) in [6.45, 7) is 5.39. The molecule has 16 heavy (non-hydrogen) atoms. The molecule has 0 aromatic carbocycles. The number of aromatic amines is 1. The number of rotatable bonds is 5. The summed E-state index contributed by atoms with van der Waals surface area (Å²) < 4.78 is 0. The zero-order valence-electron chi connectivity index (χ0n) is 9.60. The zero-order valence-corrected chi connectivity index (χ0v) is 9.60. The molecule has 0 saturated carbocycles. The van der Waals surface area contributed by atoms with Gasteiger partial charge in [0.1, 0.15) is 0 Å². The van der Waals surface area contributed by atoms with E-state index in [0.717, 1.165) is 6.54 Å². The molecule has 0 atom stereocenters. The van der Waals surface area contributed by atoms with Crippen LogP contribution in [0.25, 0.3) is 0 Å². The van der Waals surface area contributed by atoms with Crippen molar-refractivity contribution in [2.24, 2.45) is 5.92 Å². The van der Waals surface area contributed by atoms with Gasteiger partial charge in [0.25, 0.3) is 5.56 Å². The van der Waals surface area contributed by atoms with Crippen molar-refractivity contribution in [2.45, 2.75) is 20.3 Å². The Morgan fingerprint density at radius 2 is 2.38 bits per heavy atom. The number of anilines is 1. The summed E-state index contributed by atoms with van der Waals surface area (Å²) in [5.74, 6) is 0.812. The van der Waals surface area contributed by atoms with E-state index in [4.69, 9.17) is 5.26 Å². The van der Waals surface area contributed by atoms with Gasteiger partial charge >= 0.3 is 0 Å². The minimum Gasteiger partial charge on any atom is -0.351 e. The highest BCUT2D eigenvalue weighted by atomic mass is 16.1. The molecule has 1 N–H and O–H groups in total. The monoisotopic (exact) mass is 220 g/mol. The molecule has 86 valence electrons. The van der Waals surface area contributed by atoms with Crippen LogP contribution >= 0.6 is 0 Å². The Kier molecular flexibility index (Phi) is 4.52. The third kappa shape index (κ3) is 3.39. The molecule has 1 aromatic rings. The molecule has 0 radical (unpaired) electrons. The van der Waals surface area contributed by atoms with E-state index in [9.17, 15) is 4.79 Å². The lowest BCUT2D eigenvalue weighted by molar-refractivity contribution is 0.605. The summed E-state index contributed by atoms with van der Waals surface area (Å²) in [6, 6.07) is 2.08. The van der Waals surface area contributed by atoms with Gasteiger partial charge in [-0.15, -0.1) is 0 Å². The van der Waals surface area contributed by atoms with Crippen molar-refractivity contribution in [1.29, 1.82) is 5.26 Å². The fourth-order valence-electron chi connectivity index (χ4n) is 1.48. The standard InChI is InChI=1S/C11H16N4O/c1-9(2)8-15(7-3-4-12)10-11(16)14-6-5-13-10/h5-6,9H,3,7-8H2,1-2H3,(H,14,16). The minimum atomic E-state index is -0.207. The first kappa shape index (κ1) is 12.2. The van der Waals surface area contributed by atoms with Gasteiger partial charge in [-0.3, -0.25) is 4.79 Å². The van der Waals surface area contributed by atoms with Crippen molar-refractivity contribution < 1.29 is 0 Å². The molecule has 5 nitrogen and oxygen atoms in total. The van der Waals surface area contributed by atoms with Gasteiger partial charge in [-0.25, -0.2) is 4.98 Å². The van der Waals surface area contributed by atoms with E-state index in [-0.39, 0.29) is 5.56 Å². The van der Waals surface area contributed by atoms with Gasteiger partial charge in [-0.1, -0.05) is 13.8 Å². The largest absolute Gasteiger partial charge is 0.351 e. The lowest BCUT2D eigenvalue weighted by Crippen LogP contribution is -2.34. The van der Waals surface area contributed by atoms with Gasteiger partial charge < -0.3 is 9.88 Å². The molecule has 5 heteroatoms. The van der Waals surface area contributed by atoms with Crippen molar-refractivity contribution in [1.82, 2.24) is 9.97 Å². The Bertz CT molecular complexity index is 418. The Balaban J connectivity index is 2.88. The summed E-state index contributed by atoms with van der Waals surface area (Å²) in [5.41, 5.74) is -0.207. The van der Waals surface area contributed by atoms with Crippen molar-refractivity contribution in [3.8, 4) is 6.07 Å². The highest BCUT2D eigenvalue weighted by molar-refractivity contribution is 5.35. The first-order valence-corrected chi connectivity index (χ1v) is 5.30. The second-order valence-corrected chi connectivity index (χ2v) is 3.99. The van der Waals surface area contributed by atoms with Crippen LogP contribution in [0.5, 0.6) is 0 Å². The van der Waals surface area contributed by atoms with Crippen LogP contribution in [-0.2, 0) is 0 Å². The minimum absolute atomic E-state index is 0.207. The number of nitrogens with zero attached hydrogens (tertiary/aromatic N) is 3. The van der Waals surface area contributed by atoms with Crippen molar-refractivity contribution in [3.05, 3.63) is 22.7 Å². The molecule has 0 aliphatic heterocycles. The molecule has 0 spiro atoms. The Labute approximate surface area is 94.7 Å². The summed E-state index contributed by atoms with van der Waals surface area (Å²) in [6.07, 6.45) is 3.45. The third-order valence-electron chi connectivity index (χ3n) is 2.07. The van der Waals surface area contributed by atoms with Crippen LogP contribution in [0.3, 0.4) is 0 Å². The summed E-state index contributed by atoms with van der Waals surface area (Å²) >= 11 is 0. The molecule has 0 aliphatic rings. The van der Waals surface area contributed by atoms with E-state index in [2.05, 4.69) is 29.9 Å². The van der Waals surface area contributed by atoms with Crippen LogP contribution in [0.4, 0.5) is 5.82 Å². The van der Waals surface area contributed by atoms with Crippen LogP contribution in [0, 0.1) is 17.2 Å². The molecule has 0 fully saturated rings.